The molecule has 1 aliphatic rings. The molecule has 0 aromatic rings. The normalized spacial score (nSPS) is 35.9. The van der Waals surface area contributed by atoms with Crippen LogP contribution < -0.4 is 0 Å². The van der Waals surface area contributed by atoms with Gasteiger partial charge in [-0.2, -0.15) is 0 Å². The van der Waals surface area contributed by atoms with Gasteiger partial charge in [-0.3, -0.25) is 0 Å². The van der Waals surface area contributed by atoms with Crippen LogP contribution in [-0.2, 0) is 9.47 Å². The van der Waals surface area contributed by atoms with Crippen LogP contribution >= 0.6 is 0 Å². The van der Waals surface area contributed by atoms with Crippen LogP contribution in [-0.4, -0.2) is 41.6 Å². The molecule has 0 aromatic heterocycles. The minimum absolute atomic E-state index is 0.171. The van der Waals surface area contributed by atoms with Gasteiger partial charge in [0.15, 0.2) is 0 Å². The monoisotopic (exact) mass is 187 g/mol. The van der Waals surface area contributed by atoms with Gasteiger partial charge in [0.05, 0.1) is 0 Å². The Hall–Kier alpha value is -0.910. The third-order valence-electron chi connectivity index (χ3n) is 1.95. The summed E-state index contributed by atoms with van der Waals surface area (Å²) in [4.78, 5) is 0. The first-order valence-corrected chi connectivity index (χ1v) is 3.99. The zero-order chi connectivity index (χ0) is 9.90. The first-order valence-electron chi connectivity index (χ1n) is 3.99. The molecule has 0 radical (unpaired) electrons. The Morgan fingerprint density at radius 2 is 2.38 bits per heavy atom. The molecule has 0 bridgehead atoms. The lowest BCUT2D eigenvalue weighted by Gasteiger charge is -2.30. The molecule has 0 aliphatic heterocycles. The molecule has 2 N–H and O–H groups in total. The topological polar surface area (TPSA) is 71.3 Å². The molecule has 0 heterocycles. The van der Waals surface area contributed by atoms with Crippen molar-refractivity contribution in [1.82, 2.24) is 0 Å². The van der Waals surface area contributed by atoms with Crippen molar-refractivity contribution in [2.24, 2.45) is 5.16 Å². The minimum Gasteiger partial charge on any atom is -0.410 e. The van der Waals surface area contributed by atoms with Crippen molar-refractivity contribution in [3.8, 4) is 0 Å². The van der Waals surface area contributed by atoms with Crippen LogP contribution in [0.25, 0.3) is 0 Å². The van der Waals surface area contributed by atoms with Crippen molar-refractivity contribution in [3.63, 3.8) is 0 Å². The van der Waals surface area contributed by atoms with E-state index in [0.717, 1.165) is 0 Å². The average molecular weight is 187 g/mol. The molecule has 1 rings (SSSR count). The number of methoxy groups -OCH3 is 1. The molecular weight excluding hydrogens is 174 g/mol. The Morgan fingerprint density at radius 1 is 1.69 bits per heavy atom. The molecule has 74 valence electrons. The maximum Gasteiger partial charge on any atom is 0.246 e. The fraction of sp³-hybridized carbons (Fsp3) is 0.625. The Kier molecular flexibility index (Phi) is 3.02. The molecule has 0 spiro atoms. The molecule has 0 saturated heterocycles. The molecule has 5 heteroatoms. The van der Waals surface area contributed by atoms with E-state index < -0.39 is 11.9 Å². The van der Waals surface area contributed by atoms with Crippen LogP contribution in [0.15, 0.2) is 17.3 Å². The van der Waals surface area contributed by atoms with Crippen molar-refractivity contribution in [2.75, 3.05) is 13.7 Å². The lowest BCUT2D eigenvalue weighted by Crippen LogP contribution is -2.49. The standard InChI is InChI=1S/C8H13NO4/c1-3-13-8(12-2)6(9-11)4-5-7(8)10/h4-5,7,10-11H,3H2,1-2H3/t7-,8+/m1/s1. The summed E-state index contributed by atoms with van der Waals surface area (Å²) in [6, 6.07) is 0. The number of ether oxygens (including phenoxy) is 2. The minimum atomic E-state index is -1.34. The van der Waals surface area contributed by atoms with E-state index in [9.17, 15) is 5.11 Å². The Labute approximate surface area is 76.3 Å². The second-order valence-electron chi connectivity index (χ2n) is 2.59. The molecule has 5 nitrogen and oxygen atoms in total. The van der Waals surface area contributed by atoms with Crippen molar-refractivity contribution in [1.29, 1.82) is 0 Å². The number of nitrogens with zero attached hydrogens (tertiary/aromatic N) is 1. The summed E-state index contributed by atoms with van der Waals surface area (Å²) in [6.07, 6.45) is 1.97. The van der Waals surface area contributed by atoms with E-state index in [-0.39, 0.29) is 5.71 Å². The molecule has 0 fully saturated rings. The highest BCUT2D eigenvalue weighted by molar-refractivity contribution is 6.03. The second-order valence-corrected chi connectivity index (χ2v) is 2.59. The lowest BCUT2D eigenvalue weighted by atomic mass is 10.1. The predicted octanol–water partition coefficient (Wildman–Crippen LogP) is 0.126. The van der Waals surface area contributed by atoms with Crippen LogP contribution in [0.3, 0.4) is 0 Å². The summed E-state index contributed by atoms with van der Waals surface area (Å²) in [5.74, 6) is -1.34. The van der Waals surface area contributed by atoms with Gasteiger partial charge in [0, 0.05) is 13.7 Å². The number of hydrogen-bond acceptors (Lipinski definition) is 5. The summed E-state index contributed by atoms with van der Waals surface area (Å²) in [5, 5.41) is 21.2. The number of oxime groups is 1. The van der Waals surface area contributed by atoms with Crippen molar-refractivity contribution in [2.45, 2.75) is 18.8 Å². The molecule has 13 heavy (non-hydrogen) atoms. The fourth-order valence-electron chi connectivity index (χ4n) is 1.34. The molecule has 2 atom stereocenters. The quantitative estimate of drug-likeness (QED) is 0.374. The zero-order valence-electron chi connectivity index (χ0n) is 7.60. The number of rotatable bonds is 3. The van der Waals surface area contributed by atoms with Gasteiger partial charge in [0.25, 0.3) is 0 Å². The SMILES string of the molecule is CCO[C@@]1(OC)C(=NO)C=C[C@H]1O. The van der Waals surface area contributed by atoms with E-state index in [1.165, 1.54) is 19.3 Å². The van der Waals surface area contributed by atoms with Gasteiger partial charge >= 0.3 is 0 Å². The average Bonchev–Trinajstić information content (AvgIpc) is 2.45. The Bertz CT molecular complexity index is 238. The van der Waals surface area contributed by atoms with Gasteiger partial charge in [-0.25, -0.2) is 0 Å². The third-order valence-corrected chi connectivity index (χ3v) is 1.95. The maximum atomic E-state index is 9.54. The molecule has 0 aromatic carbocycles. The molecule has 1 aliphatic carbocycles. The van der Waals surface area contributed by atoms with Gasteiger partial charge in [0.1, 0.15) is 11.8 Å². The molecule has 0 unspecified atom stereocenters. The highest BCUT2D eigenvalue weighted by Crippen LogP contribution is 2.26. The largest absolute Gasteiger partial charge is 0.410 e. The fourth-order valence-corrected chi connectivity index (χ4v) is 1.34. The van der Waals surface area contributed by atoms with E-state index in [2.05, 4.69) is 5.16 Å². The van der Waals surface area contributed by atoms with E-state index in [4.69, 9.17) is 14.7 Å². The summed E-state index contributed by atoms with van der Waals surface area (Å²) in [7, 11) is 1.39. The first-order chi connectivity index (χ1) is 6.21. The van der Waals surface area contributed by atoms with Gasteiger partial charge < -0.3 is 19.8 Å². The van der Waals surface area contributed by atoms with Crippen LogP contribution in [0, 0.1) is 0 Å². The van der Waals surface area contributed by atoms with Crippen molar-refractivity contribution < 1.29 is 19.8 Å². The highest BCUT2D eigenvalue weighted by atomic mass is 16.7. The number of hydrogen-bond donors (Lipinski definition) is 2. The van der Waals surface area contributed by atoms with Crippen LogP contribution in [0.2, 0.25) is 0 Å². The smallest absolute Gasteiger partial charge is 0.246 e. The first kappa shape index (κ1) is 10.2. The summed E-state index contributed by atoms with van der Waals surface area (Å²) < 4.78 is 10.3. The van der Waals surface area contributed by atoms with Crippen LogP contribution in [0.5, 0.6) is 0 Å². The maximum absolute atomic E-state index is 9.54. The Balaban J connectivity index is 2.95. The summed E-state index contributed by atoms with van der Waals surface area (Å²) in [5.41, 5.74) is 0.171. The van der Waals surface area contributed by atoms with Gasteiger partial charge in [0.2, 0.25) is 5.79 Å². The summed E-state index contributed by atoms with van der Waals surface area (Å²) >= 11 is 0. The van der Waals surface area contributed by atoms with Gasteiger partial charge in [-0.05, 0) is 19.1 Å². The third kappa shape index (κ3) is 1.46. The zero-order valence-corrected chi connectivity index (χ0v) is 7.60. The number of aliphatic hydroxyl groups excluding tert-OH is 1. The molecular formula is C8H13NO4. The molecule has 0 saturated carbocycles. The second kappa shape index (κ2) is 3.87. The molecule has 0 amide bonds. The van der Waals surface area contributed by atoms with Crippen molar-refractivity contribution in [3.05, 3.63) is 12.2 Å². The lowest BCUT2D eigenvalue weighted by molar-refractivity contribution is -0.208. The Morgan fingerprint density at radius 3 is 2.85 bits per heavy atom. The van der Waals surface area contributed by atoms with E-state index in [1.54, 1.807) is 6.92 Å². The number of aliphatic hydroxyl groups is 1. The van der Waals surface area contributed by atoms with Gasteiger partial charge in [-0.15, -0.1) is 0 Å². The van der Waals surface area contributed by atoms with Crippen LogP contribution in [0.4, 0.5) is 0 Å². The van der Waals surface area contributed by atoms with E-state index in [1.807, 2.05) is 0 Å². The van der Waals surface area contributed by atoms with Gasteiger partial charge in [-0.1, -0.05) is 5.16 Å². The predicted molar refractivity (Wildman–Crippen MR) is 45.7 cm³/mol. The van der Waals surface area contributed by atoms with Crippen molar-refractivity contribution >= 4 is 5.71 Å². The highest BCUT2D eigenvalue weighted by Gasteiger charge is 2.46. The van der Waals surface area contributed by atoms with Crippen LogP contribution in [0.1, 0.15) is 6.92 Å². The van der Waals surface area contributed by atoms with E-state index >= 15 is 0 Å². The summed E-state index contributed by atoms with van der Waals surface area (Å²) in [6.45, 7) is 2.12. The van der Waals surface area contributed by atoms with E-state index in [0.29, 0.717) is 6.61 Å².